The van der Waals surface area contributed by atoms with Crippen molar-refractivity contribution in [2.45, 2.75) is 31.4 Å². The molecule has 2 N–H and O–H groups in total. The van der Waals surface area contributed by atoms with Crippen molar-refractivity contribution < 1.29 is 19.4 Å². The number of aliphatic carboxylic acids is 1. The summed E-state index contributed by atoms with van der Waals surface area (Å²) < 4.78 is 14.3. The molecule has 1 saturated carbocycles. The number of hydrogen-bond donors (Lipinski definition) is 2. The van der Waals surface area contributed by atoms with Crippen LogP contribution in [0.3, 0.4) is 0 Å². The van der Waals surface area contributed by atoms with Crippen LogP contribution in [0.5, 0.6) is 5.75 Å². The van der Waals surface area contributed by atoms with E-state index in [1.165, 1.54) is 12.1 Å². The zero-order valence-corrected chi connectivity index (χ0v) is 9.56. The third-order valence-electron chi connectivity index (χ3n) is 3.32. The second kappa shape index (κ2) is 4.02. The fraction of sp³-hybridized carbons (Fsp3) is 0.462. The van der Waals surface area contributed by atoms with E-state index in [9.17, 15) is 14.3 Å². The maximum absolute atomic E-state index is 14.3. The highest BCUT2D eigenvalue weighted by Gasteiger charge is 2.50. The maximum Gasteiger partial charge on any atom is 0.341 e. The Labute approximate surface area is 98.9 Å². The first-order chi connectivity index (χ1) is 7.93. The highest BCUT2D eigenvalue weighted by Crippen LogP contribution is 2.50. The van der Waals surface area contributed by atoms with Crippen molar-refractivity contribution in [1.82, 2.24) is 0 Å². The molecule has 0 radical (unpaired) electrons. The van der Waals surface area contributed by atoms with Gasteiger partial charge < -0.3 is 10.2 Å². The van der Waals surface area contributed by atoms with Gasteiger partial charge in [-0.3, -0.25) is 0 Å². The number of carboxylic acids is 1. The molecule has 2 unspecified atom stereocenters. The first kappa shape index (κ1) is 11.9. The Kier molecular flexibility index (Phi) is 2.81. The summed E-state index contributed by atoms with van der Waals surface area (Å²) in [5.41, 5.74) is -1.74. The molecule has 0 aromatic heterocycles. The molecule has 1 aromatic rings. The summed E-state index contributed by atoms with van der Waals surface area (Å²) in [6, 6.07) is 6.22. The van der Waals surface area contributed by atoms with Crippen molar-refractivity contribution in [2.24, 2.45) is 5.92 Å². The highest BCUT2D eigenvalue weighted by molar-refractivity contribution is 5.78. The number of alkyl halides is 1. The van der Waals surface area contributed by atoms with E-state index in [1.807, 2.05) is 0 Å². The molecule has 0 bridgehead atoms. The zero-order valence-electron chi connectivity index (χ0n) is 9.56. The predicted molar refractivity (Wildman–Crippen MR) is 60.7 cm³/mol. The monoisotopic (exact) mass is 238 g/mol. The molecule has 17 heavy (non-hydrogen) atoms. The summed E-state index contributed by atoms with van der Waals surface area (Å²) >= 11 is 0. The van der Waals surface area contributed by atoms with E-state index in [0.29, 0.717) is 5.56 Å². The third-order valence-corrected chi connectivity index (χ3v) is 3.32. The van der Waals surface area contributed by atoms with Gasteiger partial charge in [-0.1, -0.05) is 12.1 Å². The number of phenols is 1. The van der Waals surface area contributed by atoms with E-state index < -0.39 is 17.6 Å². The highest BCUT2D eigenvalue weighted by atomic mass is 19.1. The van der Waals surface area contributed by atoms with Crippen LogP contribution >= 0.6 is 0 Å². The average molecular weight is 238 g/mol. The average Bonchev–Trinajstić information content (AvgIpc) is 3.01. The van der Waals surface area contributed by atoms with Crippen molar-refractivity contribution in [3.63, 3.8) is 0 Å². The third kappa shape index (κ3) is 2.25. The van der Waals surface area contributed by atoms with Crippen LogP contribution in [0, 0.1) is 5.92 Å². The molecule has 92 valence electrons. The summed E-state index contributed by atoms with van der Waals surface area (Å²) in [7, 11) is 0. The van der Waals surface area contributed by atoms with Crippen LogP contribution in [0.4, 0.5) is 4.39 Å². The minimum absolute atomic E-state index is 0.0364. The van der Waals surface area contributed by atoms with Gasteiger partial charge >= 0.3 is 5.97 Å². The number of carbonyl (C=O) groups is 1. The number of carboxylic acid groups (broad SMARTS) is 1. The molecule has 0 aliphatic heterocycles. The summed E-state index contributed by atoms with van der Waals surface area (Å²) in [6.07, 6.45) is 1.68. The molecular weight excluding hydrogens is 223 g/mol. The van der Waals surface area contributed by atoms with Gasteiger partial charge in [-0.25, -0.2) is 9.18 Å². The minimum atomic E-state index is -2.30. The molecule has 1 aliphatic rings. The van der Waals surface area contributed by atoms with E-state index in [2.05, 4.69) is 0 Å². The van der Waals surface area contributed by atoms with E-state index in [-0.39, 0.29) is 11.7 Å². The minimum Gasteiger partial charge on any atom is -0.508 e. The van der Waals surface area contributed by atoms with Crippen molar-refractivity contribution in [2.75, 3.05) is 0 Å². The van der Waals surface area contributed by atoms with Gasteiger partial charge in [-0.05, 0) is 43.4 Å². The second-order valence-electron chi connectivity index (χ2n) is 4.79. The summed E-state index contributed by atoms with van der Waals surface area (Å²) in [6.45, 7) is 1.10. The second-order valence-corrected chi connectivity index (χ2v) is 4.79. The molecule has 0 saturated heterocycles. The Balaban J connectivity index is 2.39. The lowest BCUT2D eigenvalue weighted by molar-refractivity contribution is -0.151. The molecule has 4 heteroatoms. The topological polar surface area (TPSA) is 57.5 Å². The number of halogens is 1. The van der Waals surface area contributed by atoms with Crippen LogP contribution < -0.4 is 0 Å². The van der Waals surface area contributed by atoms with Crippen LogP contribution in [0.1, 0.15) is 31.2 Å². The van der Waals surface area contributed by atoms with Gasteiger partial charge in [0.25, 0.3) is 0 Å². The van der Waals surface area contributed by atoms with E-state index in [4.69, 9.17) is 5.11 Å². The molecule has 1 aliphatic carbocycles. The number of aromatic hydroxyl groups is 1. The van der Waals surface area contributed by atoms with Crippen molar-refractivity contribution in [3.8, 4) is 5.75 Å². The standard InChI is InChI=1S/C13H15FO3/c1-13(14,12(16)17)11(8-5-6-8)9-3-2-4-10(15)7-9/h2-4,7-8,11,15H,5-6H2,1H3,(H,16,17). The lowest BCUT2D eigenvalue weighted by Crippen LogP contribution is -2.38. The lowest BCUT2D eigenvalue weighted by Gasteiger charge is -2.27. The Morgan fingerprint density at radius 2 is 2.18 bits per heavy atom. The fourth-order valence-corrected chi connectivity index (χ4v) is 2.31. The van der Waals surface area contributed by atoms with Gasteiger partial charge in [0.1, 0.15) is 5.75 Å². The van der Waals surface area contributed by atoms with Crippen molar-refractivity contribution >= 4 is 5.97 Å². The quantitative estimate of drug-likeness (QED) is 0.847. The Morgan fingerprint density at radius 1 is 1.53 bits per heavy atom. The van der Waals surface area contributed by atoms with Crippen LogP contribution in [0.25, 0.3) is 0 Å². The van der Waals surface area contributed by atoms with Crippen LogP contribution in [0.2, 0.25) is 0 Å². The number of benzene rings is 1. The van der Waals surface area contributed by atoms with E-state index in [1.54, 1.807) is 12.1 Å². The number of phenolic OH excluding ortho intramolecular Hbond substituents is 1. The summed E-state index contributed by atoms with van der Waals surface area (Å²) in [5.74, 6) is -2.04. The zero-order chi connectivity index (χ0) is 12.6. The molecule has 3 nitrogen and oxygen atoms in total. The van der Waals surface area contributed by atoms with Gasteiger partial charge in [-0.15, -0.1) is 0 Å². The van der Waals surface area contributed by atoms with Crippen molar-refractivity contribution in [1.29, 1.82) is 0 Å². The molecule has 0 amide bonds. The van der Waals surface area contributed by atoms with E-state index >= 15 is 0 Å². The SMILES string of the molecule is CC(F)(C(=O)O)C(c1cccc(O)c1)C1CC1. The van der Waals surface area contributed by atoms with Gasteiger partial charge in [0.2, 0.25) is 5.67 Å². The summed E-state index contributed by atoms with van der Waals surface area (Å²) in [4.78, 5) is 11.0. The van der Waals surface area contributed by atoms with Gasteiger partial charge in [0.15, 0.2) is 0 Å². The molecule has 1 fully saturated rings. The smallest absolute Gasteiger partial charge is 0.341 e. The Morgan fingerprint density at radius 3 is 2.65 bits per heavy atom. The molecule has 1 aromatic carbocycles. The lowest BCUT2D eigenvalue weighted by atomic mass is 9.81. The molecule has 2 atom stereocenters. The Hall–Kier alpha value is -1.58. The van der Waals surface area contributed by atoms with Gasteiger partial charge in [0, 0.05) is 5.92 Å². The number of rotatable bonds is 4. The molecule has 0 spiro atoms. The largest absolute Gasteiger partial charge is 0.508 e. The first-order valence-electron chi connectivity index (χ1n) is 5.64. The normalized spacial score (nSPS) is 20.6. The van der Waals surface area contributed by atoms with Crippen molar-refractivity contribution in [3.05, 3.63) is 29.8 Å². The molecular formula is C13H15FO3. The van der Waals surface area contributed by atoms with Crippen LogP contribution in [-0.2, 0) is 4.79 Å². The maximum atomic E-state index is 14.3. The Bertz CT molecular complexity index is 438. The van der Waals surface area contributed by atoms with E-state index in [0.717, 1.165) is 19.8 Å². The van der Waals surface area contributed by atoms with Crippen LogP contribution in [-0.4, -0.2) is 21.9 Å². The predicted octanol–water partition coefficient (Wildman–Crippen LogP) is 2.70. The van der Waals surface area contributed by atoms with Gasteiger partial charge in [-0.2, -0.15) is 0 Å². The first-order valence-corrected chi connectivity index (χ1v) is 5.64. The number of hydrogen-bond acceptors (Lipinski definition) is 2. The molecule has 2 rings (SSSR count). The van der Waals surface area contributed by atoms with Crippen LogP contribution in [0.15, 0.2) is 24.3 Å². The summed E-state index contributed by atoms with van der Waals surface area (Å²) in [5, 5.41) is 18.4. The fourth-order valence-electron chi connectivity index (χ4n) is 2.31. The van der Waals surface area contributed by atoms with Gasteiger partial charge in [0.05, 0.1) is 0 Å². The molecule has 0 heterocycles.